The smallest absolute Gasteiger partial charge is 0.174 e. The summed E-state index contributed by atoms with van der Waals surface area (Å²) < 4.78 is 5.93. The fraction of sp³-hybridized carbons (Fsp3) is 0.200. The van der Waals surface area contributed by atoms with Crippen molar-refractivity contribution in [2.75, 3.05) is 0 Å². The van der Waals surface area contributed by atoms with Gasteiger partial charge in [0.1, 0.15) is 0 Å². The highest BCUT2D eigenvalue weighted by molar-refractivity contribution is 9.10. The summed E-state index contributed by atoms with van der Waals surface area (Å²) in [6.07, 6.45) is 1.64. The Bertz CT molecular complexity index is 411. The van der Waals surface area contributed by atoms with Crippen LogP contribution in [0.4, 0.5) is 0 Å². The fourth-order valence-electron chi connectivity index (χ4n) is 1.55. The minimum atomic E-state index is -0.0237. The van der Waals surface area contributed by atoms with Crippen LogP contribution in [0.25, 0.3) is 0 Å². The van der Waals surface area contributed by atoms with E-state index in [0.29, 0.717) is 0 Å². The maximum absolute atomic E-state index is 5.59. The highest BCUT2D eigenvalue weighted by atomic mass is 79.9. The number of nitrogens with two attached hydrogens (primary N) is 1. The van der Waals surface area contributed by atoms with Crippen LogP contribution in [0.1, 0.15) is 22.0 Å². The molecule has 2 heterocycles. The molecule has 0 aliphatic heterocycles. The Labute approximate surface area is 100 Å². The van der Waals surface area contributed by atoms with Gasteiger partial charge in [-0.3, -0.25) is 5.84 Å². The van der Waals surface area contributed by atoms with Crippen molar-refractivity contribution in [1.29, 1.82) is 0 Å². The Morgan fingerprint density at radius 3 is 2.73 bits per heavy atom. The molecule has 3 N–H and O–H groups in total. The van der Waals surface area contributed by atoms with Crippen LogP contribution in [0.5, 0.6) is 0 Å². The van der Waals surface area contributed by atoms with Crippen LogP contribution in [0.2, 0.25) is 0 Å². The number of hydrazine groups is 1. The lowest BCUT2D eigenvalue weighted by molar-refractivity contribution is 0.526. The molecule has 15 heavy (non-hydrogen) atoms. The lowest BCUT2D eigenvalue weighted by Gasteiger charge is -2.14. The fourth-order valence-corrected chi connectivity index (χ4v) is 2.76. The first-order chi connectivity index (χ1) is 7.24. The zero-order valence-corrected chi connectivity index (χ0v) is 10.6. The van der Waals surface area contributed by atoms with Gasteiger partial charge in [-0.2, -0.15) is 0 Å². The molecule has 0 fully saturated rings. The molecule has 0 amide bonds. The Balaban J connectivity index is 2.41. The normalized spacial score (nSPS) is 13.0. The third-order valence-corrected chi connectivity index (χ3v) is 3.84. The number of hydrogen-bond donors (Lipinski definition) is 2. The quantitative estimate of drug-likeness (QED) is 0.674. The van der Waals surface area contributed by atoms with Crippen LogP contribution >= 0.6 is 27.3 Å². The van der Waals surface area contributed by atoms with Crippen molar-refractivity contribution in [3.05, 3.63) is 44.4 Å². The molecule has 2 rings (SSSR count). The predicted octanol–water partition coefficient (Wildman–Crippen LogP) is 2.96. The van der Waals surface area contributed by atoms with Gasteiger partial charge in [0.15, 0.2) is 4.67 Å². The van der Waals surface area contributed by atoms with E-state index in [9.17, 15) is 0 Å². The second-order valence-corrected chi connectivity index (χ2v) is 5.02. The van der Waals surface area contributed by atoms with E-state index in [4.69, 9.17) is 10.3 Å². The molecule has 0 aromatic carbocycles. The molecule has 0 aliphatic carbocycles. The van der Waals surface area contributed by atoms with Gasteiger partial charge in [-0.05, 0) is 45.9 Å². The average Bonchev–Trinajstić information content (AvgIpc) is 2.80. The van der Waals surface area contributed by atoms with E-state index < -0.39 is 0 Å². The molecular weight excluding hydrogens is 276 g/mol. The monoisotopic (exact) mass is 286 g/mol. The van der Waals surface area contributed by atoms with Gasteiger partial charge < -0.3 is 4.42 Å². The number of furan rings is 1. The topological polar surface area (TPSA) is 51.2 Å². The molecular formula is C10H11BrN2OS. The third kappa shape index (κ3) is 2.01. The van der Waals surface area contributed by atoms with Crippen molar-refractivity contribution in [3.8, 4) is 0 Å². The van der Waals surface area contributed by atoms with Gasteiger partial charge in [0.2, 0.25) is 0 Å². The largest absolute Gasteiger partial charge is 0.457 e. The lowest BCUT2D eigenvalue weighted by Crippen LogP contribution is -2.28. The molecule has 0 spiro atoms. The molecule has 2 aromatic heterocycles. The van der Waals surface area contributed by atoms with Crippen LogP contribution in [-0.4, -0.2) is 0 Å². The molecule has 5 heteroatoms. The maximum atomic E-state index is 5.59. The van der Waals surface area contributed by atoms with Gasteiger partial charge in [0.05, 0.1) is 12.3 Å². The molecule has 80 valence electrons. The summed E-state index contributed by atoms with van der Waals surface area (Å²) in [6.45, 7) is 2.08. The molecule has 3 nitrogen and oxygen atoms in total. The van der Waals surface area contributed by atoms with Gasteiger partial charge in [0.25, 0.3) is 0 Å². The first-order valence-electron chi connectivity index (χ1n) is 4.47. The lowest BCUT2D eigenvalue weighted by atomic mass is 10.0. The molecule has 0 saturated heterocycles. The number of halogens is 1. The van der Waals surface area contributed by atoms with Crippen molar-refractivity contribution in [2.24, 2.45) is 5.84 Å². The van der Waals surface area contributed by atoms with Gasteiger partial charge in [0, 0.05) is 10.4 Å². The predicted molar refractivity (Wildman–Crippen MR) is 64.6 cm³/mol. The number of nitrogens with one attached hydrogen (secondary N) is 1. The second-order valence-electron chi connectivity index (χ2n) is 3.18. The summed E-state index contributed by atoms with van der Waals surface area (Å²) in [4.78, 5) is 1.26. The van der Waals surface area contributed by atoms with E-state index in [1.54, 1.807) is 17.6 Å². The molecule has 0 saturated carbocycles. The van der Waals surface area contributed by atoms with Crippen LogP contribution in [0.3, 0.4) is 0 Å². The van der Waals surface area contributed by atoms with E-state index in [2.05, 4.69) is 39.7 Å². The molecule has 0 bridgehead atoms. The van der Waals surface area contributed by atoms with Gasteiger partial charge in [-0.25, -0.2) is 5.43 Å². The zero-order chi connectivity index (χ0) is 10.8. The van der Waals surface area contributed by atoms with Crippen molar-refractivity contribution in [2.45, 2.75) is 13.0 Å². The zero-order valence-electron chi connectivity index (χ0n) is 8.16. The van der Waals surface area contributed by atoms with Gasteiger partial charge in [-0.1, -0.05) is 0 Å². The van der Waals surface area contributed by atoms with E-state index in [-0.39, 0.29) is 6.04 Å². The molecule has 2 aromatic rings. The number of thiophene rings is 1. The number of rotatable bonds is 3. The summed E-state index contributed by atoms with van der Waals surface area (Å²) in [6, 6.07) is 3.96. The number of aryl methyl sites for hydroxylation is 1. The Morgan fingerprint density at radius 2 is 2.27 bits per heavy atom. The average molecular weight is 287 g/mol. The minimum absolute atomic E-state index is 0.0237. The minimum Gasteiger partial charge on any atom is -0.457 e. The summed E-state index contributed by atoms with van der Waals surface area (Å²) in [5, 5.41) is 2.06. The van der Waals surface area contributed by atoms with Crippen LogP contribution < -0.4 is 11.3 Å². The van der Waals surface area contributed by atoms with Crippen LogP contribution in [-0.2, 0) is 0 Å². The van der Waals surface area contributed by atoms with Gasteiger partial charge >= 0.3 is 0 Å². The molecule has 0 radical (unpaired) electrons. The standard InChI is InChI=1S/C10H11BrN2OS/c1-6-7(3-5-15-6)9(13-12)8-2-4-14-10(8)11/h2-5,9,13H,12H2,1H3. The third-order valence-electron chi connectivity index (χ3n) is 2.33. The summed E-state index contributed by atoms with van der Waals surface area (Å²) in [7, 11) is 0. The van der Waals surface area contributed by atoms with E-state index >= 15 is 0 Å². The van der Waals surface area contributed by atoms with Crippen molar-refractivity contribution >= 4 is 27.3 Å². The first-order valence-corrected chi connectivity index (χ1v) is 6.14. The highest BCUT2D eigenvalue weighted by Gasteiger charge is 2.19. The molecule has 1 unspecified atom stereocenters. The number of hydrogen-bond acceptors (Lipinski definition) is 4. The first kappa shape index (κ1) is 10.9. The summed E-state index contributed by atoms with van der Waals surface area (Å²) in [5.74, 6) is 5.59. The van der Waals surface area contributed by atoms with E-state index in [1.165, 1.54) is 10.4 Å². The van der Waals surface area contributed by atoms with E-state index in [1.807, 2.05) is 6.07 Å². The van der Waals surface area contributed by atoms with Crippen LogP contribution in [0.15, 0.2) is 32.9 Å². The Kier molecular flexibility index (Phi) is 3.25. The Hall–Kier alpha value is -0.620. The van der Waals surface area contributed by atoms with E-state index in [0.717, 1.165) is 10.2 Å². The van der Waals surface area contributed by atoms with Crippen molar-refractivity contribution < 1.29 is 4.42 Å². The molecule has 1 atom stereocenters. The Morgan fingerprint density at radius 1 is 1.47 bits per heavy atom. The van der Waals surface area contributed by atoms with Crippen molar-refractivity contribution in [3.63, 3.8) is 0 Å². The molecule has 0 aliphatic rings. The second kappa shape index (κ2) is 4.49. The van der Waals surface area contributed by atoms with Crippen LogP contribution in [0, 0.1) is 6.92 Å². The summed E-state index contributed by atoms with van der Waals surface area (Å²) in [5.41, 5.74) is 5.00. The van der Waals surface area contributed by atoms with Crippen molar-refractivity contribution in [1.82, 2.24) is 5.43 Å². The SMILES string of the molecule is Cc1sccc1C(NN)c1ccoc1Br. The van der Waals surface area contributed by atoms with Gasteiger partial charge in [-0.15, -0.1) is 11.3 Å². The maximum Gasteiger partial charge on any atom is 0.174 e. The highest BCUT2D eigenvalue weighted by Crippen LogP contribution is 2.32. The summed E-state index contributed by atoms with van der Waals surface area (Å²) >= 11 is 5.07.